The number of hydrogen-bond donors (Lipinski definition) is 1. The first-order valence-electron chi connectivity index (χ1n) is 5.45. The summed E-state index contributed by atoms with van der Waals surface area (Å²) in [5, 5.41) is 0.573. The molecule has 2 N–H and O–H groups in total. The molecule has 0 fully saturated rings. The minimum absolute atomic E-state index is 0.0294. The SMILES string of the molecule is C[C@H](N)c1ccc(Oc2ccccc2)c(Cl)c1. The largest absolute Gasteiger partial charge is 0.456 e. The van der Waals surface area contributed by atoms with Crippen molar-refractivity contribution in [3.63, 3.8) is 0 Å². The van der Waals surface area contributed by atoms with Crippen molar-refractivity contribution >= 4 is 11.6 Å². The number of nitrogens with two attached hydrogens (primary N) is 1. The van der Waals surface area contributed by atoms with Gasteiger partial charge in [0.05, 0.1) is 5.02 Å². The average Bonchev–Trinajstić information content (AvgIpc) is 2.33. The van der Waals surface area contributed by atoms with Gasteiger partial charge in [-0.25, -0.2) is 0 Å². The van der Waals surface area contributed by atoms with Crippen molar-refractivity contribution in [2.75, 3.05) is 0 Å². The number of benzene rings is 2. The normalized spacial score (nSPS) is 12.2. The summed E-state index contributed by atoms with van der Waals surface area (Å²) >= 11 is 6.14. The summed E-state index contributed by atoms with van der Waals surface area (Å²) in [6.07, 6.45) is 0. The van der Waals surface area contributed by atoms with Gasteiger partial charge < -0.3 is 10.5 Å². The molecule has 0 bridgehead atoms. The van der Waals surface area contributed by atoms with Gasteiger partial charge in [0.1, 0.15) is 11.5 Å². The zero-order chi connectivity index (χ0) is 12.3. The third-order valence-corrected chi connectivity index (χ3v) is 2.75. The molecule has 0 unspecified atom stereocenters. The molecule has 2 rings (SSSR count). The van der Waals surface area contributed by atoms with Gasteiger partial charge in [0.15, 0.2) is 0 Å². The lowest BCUT2D eigenvalue weighted by Crippen LogP contribution is -2.04. The van der Waals surface area contributed by atoms with E-state index in [9.17, 15) is 0 Å². The van der Waals surface area contributed by atoms with Crippen molar-refractivity contribution in [2.24, 2.45) is 5.73 Å². The minimum Gasteiger partial charge on any atom is -0.456 e. The first-order valence-corrected chi connectivity index (χ1v) is 5.82. The third kappa shape index (κ3) is 2.99. The Morgan fingerprint density at radius 1 is 1.12 bits per heavy atom. The molecule has 0 heterocycles. The van der Waals surface area contributed by atoms with Gasteiger partial charge >= 0.3 is 0 Å². The Morgan fingerprint density at radius 2 is 1.82 bits per heavy atom. The van der Waals surface area contributed by atoms with Crippen molar-refractivity contribution in [1.29, 1.82) is 0 Å². The lowest BCUT2D eigenvalue weighted by Gasteiger charge is -2.10. The molecule has 0 amide bonds. The maximum atomic E-state index is 6.14. The average molecular weight is 248 g/mol. The number of rotatable bonds is 3. The van der Waals surface area contributed by atoms with E-state index in [4.69, 9.17) is 22.1 Å². The summed E-state index contributed by atoms with van der Waals surface area (Å²) in [7, 11) is 0. The molecule has 0 saturated carbocycles. The van der Waals surface area contributed by atoms with E-state index in [1.54, 1.807) is 0 Å². The van der Waals surface area contributed by atoms with Gasteiger partial charge in [-0.05, 0) is 36.8 Å². The van der Waals surface area contributed by atoms with Crippen LogP contribution in [-0.2, 0) is 0 Å². The van der Waals surface area contributed by atoms with Crippen LogP contribution in [0, 0.1) is 0 Å². The molecule has 0 spiro atoms. The fraction of sp³-hybridized carbons (Fsp3) is 0.143. The van der Waals surface area contributed by atoms with Crippen molar-refractivity contribution in [3.05, 3.63) is 59.1 Å². The molecule has 2 nitrogen and oxygen atoms in total. The van der Waals surface area contributed by atoms with Crippen molar-refractivity contribution in [2.45, 2.75) is 13.0 Å². The van der Waals surface area contributed by atoms with Crippen LogP contribution >= 0.6 is 11.6 Å². The van der Waals surface area contributed by atoms with Crippen LogP contribution in [0.2, 0.25) is 5.02 Å². The Kier molecular flexibility index (Phi) is 3.67. The Morgan fingerprint density at radius 3 is 2.41 bits per heavy atom. The molecule has 88 valence electrons. The van der Waals surface area contributed by atoms with E-state index in [1.807, 2.05) is 55.5 Å². The van der Waals surface area contributed by atoms with Gasteiger partial charge in [0.2, 0.25) is 0 Å². The highest BCUT2D eigenvalue weighted by Crippen LogP contribution is 2.31. The van der Waals surface area contributed by atoms with Crippen molar-refractivity contribution in [1.82, 2.24) is 0 Å². The standard InChI is InChI=1S/C14H14ClNO/c1-10(16)11-7-8-14(13(15)9-11)17-12-5-3-2-4-6-12/h2-10H,16H2,1H3/t10-/m0/s1. The maximum Gasteiger partial charge on any atom is 0.146 e. The maximum absolute atomic E-state index is 6.14. The van der Waals surface area contributed by atoms with E-state index in [-0.39, 0.29) is 6.04 Å². The number of hydrogen-bond acceptors (Lipinski definition) is 2. The van der Waals surface area contributed by atoms with Crippen LogP contribution in [0.3, 0.4) is 0 Å². The predicted molar refractivity (Wildman–Crippen MR) is 70.6 cm³/mol. The highest BCUT2D eigenvalue weighted by Gasteiger charge is 2.06. The second-order valence-corrected chi connectivity index (χ2v) is 4.30. The molecule has 2 aromatic rings. The third-order valence-electron chi connectivity index (χ3n) is 2.45. The lowest BCUT2D eigenvalue weighted by molar-refractivity contribution is 0.482. The summed E-state index contributed by atoms with van der Waals surface area (Å²) in [6, 6.07) is 15.1. The summed E-state index contributed by atoms with van der Waals surface area (Å²) in [4.78, 5) is 0. The van der Waals surface area contributed by atoms with Crippen LogP contribution in [0.15, 0.2) is 48.5 Å². The molecule has 0 aromatic heterocycles. The van der Waals surface area contributed by atoms with Gasteiger partial charge in [-0.1, -0.05) is 35.9 Å². The second kappa shape index (κ2) is 5.21. The van der Waals surface area contributed by atoms with Crippen LogP contribution in [0.1, 0.15) is 18.5 Å². The second-order valence-electron chi connectivity index (χ2n) is 3.89. The van der Waals surface area contributed by atoms with Gasteiger partial charge in [-0.2, -0.15) is 0 Å². The summed E-state index contributed by atoms with van der Waals surface area (Å²) < 4.78 is 5.67. The van der Waals surface area contributed by atoms with E-state index in [0.717, 1.165) is 11.3 Å². The van der Waals surface area contributed by atoms with Crippen molar-refractivity contribution < 1.29 is 4.74 Å². The highest BCUT2D eigenvalue weighted by atomic mass is 35.5. The van der Waals surface area contributed by atoms with E-state index in [0.29, 0.717) is 10.8 Å². The van der Waals surface area contributed by atoms with Gasteiger partial charge in [-0.15, -0.1) is 0 Å². The molecule has 1 atom stereocenters. The molecule has 2 aromatic carbocycles. The molecule has 3 heteroatoms. The van der Waals surface area contributed by atoms with Crippen LogP contribution in [0.5, 0.6) is 11.5 Å². The zero-order valence-electron chi connectivity index (χ0n) is 9.56. The number of para-hydroxylation sites is 1. The smallest absolute Gasteiger partial charge is 0.146 e. The lowest BCUT2D eigenvalue weighted by atomic mass is 10.1. The summed E-state index contributed by atoms with van der Waals surface area (Å²) in [5.41, 5.74) is 6.78. The van der Waals surface area contributed by atoms with Crippen LogP contribution in [0.4, 0.5) is 0 Å². The monoisotopic (exact) mass is 247 g/mol. The van der Waals surface area contributed by atoms with E-state index in [2.05, 4.69) is 0 Å². The molecular formula is C14H14ClNO. The molecule has 0 saturated heterocycles. The topological polar surface area (TPSA) is 35.2 Å². The zero-order valence-corrected chi connectivity index (χ0v) is 10.3. The number of halogens is 1. The van der Waals surface area contributed by atoms with E-state index >= 15 is 0 Å². The first-order chi connectivity index (χ1) is 8.16. The molecule has 0 radical (unpaired) electrons. The van der Waals surface area contributed by atoms with E-state index in [1.165, 1.54) is 0 Å². The fourth-order valence-electron chi connectivity index (χ4n) is 1.50. The van der Waals surface area contributed by atoms with Crippen LogP contribution < -0.4 is 10.5 Å². The van der Waals surface area contributed by atoms with Gasteiger partial charge in [-0.3, -0.25) is 0 Å². The Labute approximate surface area is 106 Å². The van der Waals surface area contributed by atoms with Crippen molar-refractivity contribution in [3.8, 4) is 11.5 Å². The summed E-state index contributed by atoms with van der Waals surface area (Å²) in [5.74, 6) is 1.41. The van der Waals surface area contributed by atoms with Crippen LogP contribution in [0.25, 0.3) is 0 Å². The van der Waals surface area contributed by atoms with E-state index < -0.39 is 0 Å². The predicted octanol–water partition coefficient (Wildman–Crippen LogP) is 4.15. The Bertz CT molecular complexity index is 497. The Hall–Kier alpha value is -1.51. The quantitative estimate of drug-likeness (QED) is 0.884. The first kappa shape index (κ1) is 12.0. The molecule has 17 heavy (non-hydrogen) atoms. The fourth-order valence-corrected chi connectivity index (χ4v) is 1.73. The number of ether oxygens (including phenoxy) is 1. The highest BCUT2D eigenvalue weighted by molar-refractivity contribution is 6.32. The summed E-state index contributed by atoms with van der Waals surface area (Å²) in [6.45, 7) is 1.92. The Balaban J connectivity index is 2.23. The minimum atomic E-state index is -0.0294. The van der Waals surface area contributed by atoms with Gasteiger partial charge in [0, 0.05) is 6.04 Å². The molecular weight excluding hydrogens is 234 g/mol. The van der Waals surface area contributed by atoms with Gasteiger partial charge in [0.25, 0.3) is 0 Å². The molecule has 0 aliphatic carbocycles. The molecule has 0 aliphatic rings. The molecule has 0 aliphatic heterocycles. The van der Waals surface area contributed by atoms with Crippen LogP contribution in [-0.4, -0.2) is 0 Å².